The number of carboxylic acids is 1. The lowest BCUT2D eigenvalue weighted by Crippen LogP contribution is -2.47. The van der Waals surface area contributed by atoms with E-state index in [1.807, 2.05) is 0 Å². The number of nitrogens with one attached hydrogen (secondary N) is 1. The maximum atomic E-state index is 11.7. The lowest BCUT2D eigenvalue weighted by molar-refractivity contribution is -0.175. The highest BCUT2D eigenvalue weighted by atomic mass is 32.1. The third kappa shape index (κ3) is 4.35. The van der Waals surface area contributed by atoms with Crippen LogP contribution in [0, 0.1) is 0 Å². The van der Waals surface area contributed by atoms with Crippen LogP contribution in [0.3, 0.4) is 0 Å². The van der Waals surface area contributed by atoms with Gasteiger partial charge in [0.2, 0.25) is 0 Å². The van der Waals surface area contributed by atoms with Gasteiger partial charge in [0.25, 0.3) is 0 Å². The fraction of sp³-hybridized carbons (Fsp3) is 0.667. The Bertz CT molecular complexity index is 231. The van der Waals surface area contributed by atoms with Crippen molar-refractivity contribution in [2.75, 3.05) is 5.75 Å². The number of hydrogen-bond donors (Lipinski definition) is 3. The first-order valence-corrected chi connectivity index (χ1v) is 4.13. The van der Waals surface area contributed by atoms with E-state index in [1.165, 1.54) is 5.32 Å². The summed E-state index contributed by atoms with van der Waals surface area (Å²) in [5.74, 6) is -3.71. The first-order chi connectivity index (χ1) is 6.29. The number of amides is 1. The first-order valence-electron chi connectivity index (χ1n) is 3.50. The van der Waals surface area contributed by atoms with Crippen molar-refractivity contribution in [2.45, 2.75) is 18.6 Å². The smallest absolute Gasteiger partial charge is 0.471 e. The van der Waals surface area contributed by atoms with Gasteiger partial charge in [-0.3, -0.25) is 4.79 Å². The van der Waals surface area contributed by atoms with Gasteiger partial charge in [0.1, 0.15) is 6.04 Å². The highest BCUT2D eigenvalue weighted by molar-refractivity contribution is 7.80. The molecule has 0 aromatic rings. The Morgan fingerprint density at radius 1 is 1.43 bits per heavy atom. The summed E-state index contributed by atoms with van der Waals surface area (Å²) in [7, 11) is 0. The van der Waals surface area contributed by atoms with Crippen molar-refractivity contribution in [1.82, 2.24) is 5.32 Å². The number of hydrogen-bond acceptors (Lipinski definition) is 3. The molecule has 0 saturated carbocycles. The average molecular weight is 231 g/mol. The lowest BCUT2D eigenvalue weighted by Gasteiger charge is -2.14. The van der Waals surface area contributed by atoms with E-state index in [-0.39, 0.29) is 12.2 Å². The highest BCUT2D eigenvalue weighted by Crippen LogP contribution is 2.14. The summed E-state index contributed by atoms with van der Waals surface area (Å²) in [5, 5.41) is 9.75. The third-order valence-electron chi connectivity index (χ3n) is 1.28. The topological polar surface area (TPSA) is 66.4 Å². The zero-order valence-corrected chi connectivity index (χ0v) is 7.73. The van der Waals surface area contributed by atoms with Crippen LogP contribution >= 0.6 is 12.6 Å². The van der Waals surface area contributed by atoms with Gasteiger partial charge in [-0.05, 0) is 12.2 Å². The number of thiol groups is 1. The minimum Gasteiger partial charge on any atom is -0.480 e. The number of carboxylic acid groups (broad SMARTS) is 1. The SMILES string of the molecule is O=C(O)[C@@H](CCS)NC(=O)C(F)(F)F. The molecule has 0 radical (unpaired) electrons. The number of alkyl halides is 3. The van der Waals surface area contributed by atoms with Crippen molar-refractivity contribution >= 4 is 24.5 Å². The predicted molar refractivity (Wildman–Crippen MR) is 44.1 cm³/mol. The Hall–Kier alpha value is -0.920. The molecule has 4 nitrogen and oxygen atoms in total. The molecule has 82 valence electrons. The second kappa shape index (κ2) is 5.08. The van der Waals surface area contributed by atoms with Gasteiger partial charge < -0.3 is 10.4 Å². The Kier molecular flexibility index (Phi) is 4.75. The molecule has 0 heterocycles. The first kappa shape index (κ1) is 13.1. The maximum absolute atomic E-state index is 11.7. The Morgan fingerprint density at radius 2 is 1.93 bits per heavy atom. The Labute approximate surface area is 82.9 Å². The summed E-state index contributed by atoms with van der Waals surface area (Å²) >= 11 is 3.65. The maximum Gasteiger partial charge on any atom is 0.471 e. The fourth-order valence-electron chi connectivity index (χ4n) is 0.627. The molecule has 0 aromatic carbocycles. The molecule has 0 aliphatic heterocycles. The van der Waals surface area contributed by atoms with E-state index in [9.17, 15) is 22.8 Å². The van der Waals surface area contributed by atoms with Crippen molar-refractivity contribution in [3.63, 3.8) is 0 Å². The summed E-state index contributed by atoms with van der Waals surface area (Å²) in [4.78, 5) is 20.7. The van der Waals surface area contributed by atoms with Gasteiger partial charge in [-0.25, -0.2) is 4.79 Å². The van der Waals surface area contributed by atoms with Gasteiger partial charge >= 0.3 is 18.1 Å². The summed E-state index contributed by atoms with van der Waals surface area (Å²) in [6.07, 6.45) is -5.23. The number of carbonyl (C=O) groups excluding carboxylic acids is 1. The van der Waals surface area contributed by atoms with E-state index in [0.29, 0.717) is 0 Å². The van der Waals surface area contributed by atoms with Gasteiger partial charge in [0, 0.05) is 0 Å². The molecule has 2 N–H and O–H groups in total. The molecule has 0 aliphatic carbocycles. The third-order valence-corrected chi connectivity index (χ3v) is 1.54. The molecule has 0 spiro atoms. The molecule has 0 rings (SSSR count). The number of carbonyl (C=O) groups is 2. The van der Waals surface area contributed by atoms with Crippen LogP contribution in [0.15, 0.2) is 0 Å². The summed E-state index contributed by atoms with van der Waals surface area (Å²) in [5.41, 5.74) is 0. The van der Waals surface area contributed by atoms with E-state index < -0.39 is 24.1 Å². The fourth-order valence-corrected chi connectivity index (χ4v) is 0.885. The Balaban J connectivity index is 4.31. The molecule has 0 bridgehead atoms. The van der Waals surface area contributed by atoms with E-state index in [2.05, 4.69) is 12.6 Å². The van der Waals surface area contributed by atoms with Crippen LogP contribution in [0.5, 0.6) is 0 Å². The van der Waals surface area contributed by atoms with Crippen LogP contribution in [0.4, 0.5) is 13.2 Å². The van der Waals surface area contributed by atoms with Crippen LogP contribution in [0.1, 0.15) is 6.42 Å². The molecule has 0 fully saturated rings. The minimum absolute atomic E-state index is 0.0646. The van der Waals surface area contributed by atoms with E-state index in [1.54, 1.807) is 0 Å². The molecule has 1 atom stereocenters. The van der Waals surface area contributed by atoms with E-state index >= 15 is 0 Å². The van der Waals surface area contributed by atoms with E-state index in [0.717, 1.165) is 0 Å². The van der Waals surface area contributed by atoms with E-state index in [4.69, 9.17) is 5.11 Å². The van der Waals surface area contributed by atoms with Gasteiger partial charge in [0.05, 0.1) is 0 Å². The van der Waals surface area contributed by atoms with Crippen LogP contribution in [0.25, 0.3) is 0 Å². The molecule has 8 heteroatoms. The largest absolute Gasteiger partial charge is 0.480 e. The van der Waals surface area contributed by atoms with Crippen molar-refractivity contribution in [3.05, 3.63) is 0 Å². The van der Waals surface area contributed by atoms with Gasteiger partial charge in [-0.2, -0.15) is 25.8 Å². The van der Waals surface area contributed by atoms with Gasteiger partial charge in [-0.15, -0.1) is 0 Å². The zero-order valence-electron chi connectivity index (χ0n) is 6.84. The molecule has 1 amide bonds. The summed E-state index contributed by atoms with van der Waals surface area (Å²) < 4.78 is 35.1. The minimum atomic E-state index is -5.07. The van der Waals surface area contributed by atoms with Crippen molar-refractivity contribution in [3.8, 4) is 0 Å². The molecule has 0 unspecified atom stereocenters. The molecular weight excluding hydrogens is 223 g/mol. The number of rotatable bonds is 4. The number of halogens is 3. The van der Waals surface area contributed by atoms with Crippen molar-refractivity contribution in [2.24, 2.45) is 0 Å². The summed E-state index contributed by atoms with van der Waals surface area (Å²) in [6.45, 7) is 0. The van der Waals surface area contributed by atoms with Crippen molar-refractivity contribution in [1.29, 1.82) is 0 Å². The van der Waals surface area contributed by atoms with Crippen LogP contribution in [-0.2, 0) is 9.59 Å². The molecular formula is C6H8F3NO3S. The zero-order chi connectivity index (χ0) is 11.4. The Morgan fingerprint density at radius 3 is 2.21 bits per heavy atom. The second-order valence-corrected chi connectivity index (χ2v) is 2.82. The quantitative estimate of drug-likeness (QED) is 0.615. The highest BCUT2D eigenvalue weighted by Gasteiger charge is 2.40. The molecule has 0 aromatic heterocycles. The monoisotopic (exact) mass is 231 g/mol. The second-order valence-electron chi connectivity index (χ2n) is 2.37. The van der Waals surface area contributed by atoms with Crippen LogP contribution in [0.2, 0.25) is 0 Å². The van der Waals surface area contributed by atoms with Crippen LogP contribution in [-0.4, -0.2) is 35.0 Å². The normalized spacial score (nSPS) is 13.4. The molecule has 0 saturated heterocycles. The average Bonchev–Trinajstić information content (AvgIpc) is 2.01. The van der Waals surface area contributed by atoms with Gasteiger partial charge in [-0.1, -0.05) is 0 Å². The molecule has 0 aliphatic rings. The standard InChI is InChI=1S/C6H8F3NO3S/c7-6(8,9)5(13)10-3(1-2-14)4(11)12/h3,14H,1-2H2,(H,10,13)(H,11,12)/t3-/m1/s1. The van der Waals surface area contributed by atoms with Gasteiger partial charge in [0.15, 0.2) is 0 Å². The summed E-state index contributed by atoms with van der Waals surface area (Å²) in [6, 6.07) is -1.55. The lowest BCUT2D eigenvalue weighted by atomic mass is 10.2. The van der Waals surface area contributed by atoms with Crippen molar-refractivity contribution < 1.29 is 27.9 Å². The molecule has 14 heavy (non-hydrogen) atoms. The predicted octanol–water partition coefficient (Wildman–Crippen LogP) is 0.438. The van der Waals surface area contributed by atoms with Crippen LogP contribution < -0.4 is 5.32 Å². The number of aliphatic carboxylic acids is 1.